The molecule has 4 heteroatoms. The van der Waals surface area contributed by atoms with E-state index in [0.717, 1.165) is 8.95 Å². The van der Waals surface area contributed by atoms with E-state index in [1.54, 1.807) is 0 Å². The van der Waals surface area contributed by atoms with Gasteiger partial charge in [-0.2, -0.15) is 0 Å². The fraction of sp³-hybridized carbons (Fsp3) is 0.400. The van der Waals surface area contributed by atoms with E-state index in [4.69, 9.17) is 5.73 Å². The van der Waals surface area contributed by atoms with Gasteiger partial charge in [-0.25, -0.2) is 0 Å². The van der Waals surface area contributed by atoms with Gasteiger partial charge in [0.15, 0.2) is 0 Å². The van der Waals surface area contributed by atoms with Gasteiger partial charge in [0.1, 0.15) is 0 Å². The second-order valence-corrected chi connectivity index (χ2v) is 8.85. The lowest BCUT2D eigenvalue weighted by Gasteiger charge is -2.52. The van der Waals surface area contributed by atoms with Gasteiger partial charge in [-0.05, 0) is 67.2 Å². The summed E-state index contributed by atoms with van der Waals surface area (Å²) in [6.45, 7) is 2.37. The summed E-state index contributed by atoms with van der Waals surface area (Å²) >= 11 is 7.12. The quantitative estimate of drug-likeness (QED) is 0.731. The van der Waals surface area contributed by atoms with Crippen molar-refractivity contribution in [2.24, 2.45) is 11.7 Å². The van der Waals surface area contributed by atoms with Crippen LogP contribution in [-0.2, 0) is 0 Å². The van der Waals surface area contributed by atoms with E-state index < -0.39 is 0 Å². The predicted molar refractivity (Wildman–Crippen MR) is 106 cm³/mol. The highest BCUT2D eigenvalue weighted by Crippen LogP contribution is 2.41. The van der Waals surface area contributed by atoms with Crippen LogP contribution in [0.4, 0.5) is 0 Å². The van der Waals surface area contributed by atoms with Crippen molar-refractivity contribution >= 4 is 31.9 Å². The number of benzene rings is 2. The average molecular weight is 450 g/mol. The van der Waals surface area contributed by atoms with E-state index in [-0.39, 0.29) is 6.04 Å². The minimum Gasteiger partial charge on any atom is -0.326 e. The summed E-state index contributed by atoms with van der Waals surface area (Å²) in [5, 5.41) is 0. The Labute approximate surface area is 160 Å². The van der Waals surface area contributed by atoms with Gasteiger partial charge in [-0.3, -0.25) is 4.90 Å². The third-order valence-electron chi connectivity index (χ3n) is 5.73. The number of piperidine rings is 3. The molecule has 2 bridgehead atoms. The molecule has 3 fully saturated rings. The lowest BCUT2D eigenvalue weighted by molar-refractivity contribution is 0.0204. The van der Waals surface area contributed by atoms with Crippen molar-refractivity contribution in [2.75, 3.05) is 13.1 Å². The molecular formula is C20H22Br2N2. The summed E-state index contributed by atoms with van der Waals surface area (Å²) < 4.78 is 2.24. The fourth-order valence-corrected chi connectivity index (χ4v) is 5.01. The Hall–Kier alpha value is -0.680. The Kier molecular flexibility index (Phi) is 4.83. The summed E-state index contributed by atoms with van der Waals surface area (Å²) in [4.78, 5) is 2.62. The number of hydrogen-bond acceptors (Lipinski definition) is 2. The maximum atomic E-state index is 6.74. The highest BCUT2D eigenvalue weighted by molar-refractivity contribution is 9.10. The van der Waals surface area contributed by atoms with E-state index >= 15 is 0 Å². The molecule has 0 aliphatic carbocycles. The van der Waals surface area contributed by atoms with Gasteiger partial charge in [0.25, 0.3) is 0 Å². The Morgan fingerprint density at radius 3 is 1.71 bits per heavy atom. The first-order valence-corrected chi connectivity index (χ1v) is 10.2. The second kappa shape index (κ2) is 6.91. The number of halogens is 2. The van der Waals surface area contributed by atoms with Crippen LogP contribution in [0.2, 0.25) is 0 Å². The molecule has 0 aromatic heterocycles. The predicted octanol–water partition coefficient (Wildman–Crippen LogP) is 4.77. The maximum Gasteiger partial charge on any atom is 0.0359 e. The maximum absolute atomic E-state index is 6.74. The molecule has 2 aromatic rings. The van der Waals surface area contributed by atoms with Crippen LogP contribution in [0.1, 0.15) is 29.9 Å². The Bertz CT molecular complexity index is 643. The molecule has 24 heavy (non-hydrogen) atoms. The first-order valence-electron chi connectivity index (χ1n) is 8.64. The third-order valence-corrected chi connectivity index (χ3v) is 6.79. The molecule has 0 amide bonds. The van der Waals surface area contributed by atoms with Crippen LogP contribution in [-0.4, -0.2) is 30.1 Å². The molecule has 2 nitrogen and oxygen atoms in total. The number of hydrogen-bond donors (Lipinski definition) is 1. The molecule has 2 aromatic carbocycles. The average Bonchev–Trinajstić information content (AvgIpc) is 2.61. The molecule has 3 saturated heterocycles. The van der Waals surface area contributed by atoms with Crippen molar-refractivity contribution in [3.63, 3.8) is 0 Å². The number of fused-ring (bicyclic) bond motifs is 3. The van der Waals surface area contributed by atoms with E-state index in [2.05, 4.69) is 85.3 Å². The molecule has 0 saturated carbocycles. The molecule has 0 radical (unpaired) electrons. The highest BCUT2D eigenvalue weighted by Gasteiger charge is 2.44. The van der Waals surface area contributed by atoms with Gasteiger partial charge in [0.2, 0.25) is 0 Å². The summed E-state index contributed by atoms with van der Waals surface area (Å²) in [5.74, 6) is 0.998. The van der Waals surface area contributed by atoms with Crippen LogP contribution in [0.3, 0.4) is 0 Å². The molecule has 3 aliphatic heterocycles. The van der Waals surface area contributed by atoms with Gasteiger partial charge in [0, 0.05) is 26.9 Å². The smallest absolute Gasteiger partial charge is 0.0359 e. The first-order chi connectivity index (χ1) is 11.6. The monoisotopic (exact) mass is 448 g/mol. The summed E-state index contributed by atoms with van der Waals surface area (Å²) in [6.07, 6.45) is 2.51. The normalized spacial score (nSPS) is 29.2. The van der Waals surface area contributed by atoms with Crippen LogP contribution in [0, 0.1) is 5.92 Å². The summed E-state index contributed by atoms with van der Waals surface area (Å²) in [7, 11) is 0. The molecule has 2 atom stereocenters. The zero-order valence-corrected chi connectivity index (χ0v) is 16.7. The molecule has 3 heterocycles. The van der Waals surface area contributed by atoms with Gasteiger partial charge in [-0.1, -0.05) is 56.1 Å². The number of nitrogens with zero attached hydrogens (tertiary/aromatic N) is 1. The Morgan fingerprint density at radius 1 is 0.833 bits per heavy atom. The van der Waals surface area contributed by atoms with E-state index in [1.807, 2.05) is 0 Å². The van der Waals surface area contributed by atoms with Crippen molar-refractivity contribution in [1.82, 2.24) is 4.90 Å². The van der Waals surface area contributed by atoms with Crippen molar-refractivity contribution < 1.29 is 0 Å². The molecule has 0 spiro atoms. The van der Waals surface area contributed by atoms with Crippen LogP contribution in [0.25, 0.3) is 0 Å². The SMILES string of the molecule is N[C@H]1C2CCN(CC2)[C@@H]1C(c1ccc(Br)cc1)c1ccc(Br)cc1. The molecule has 5 rings (SSSR count). The third kappa shape index (κ3) is 3.10. The summed E-state index contributed by atoms with van der Waals surface area (Å²) in [6, 6.07) is 18.2. The number of rotatable bonds is 3. The number of nitrogens with two attached hydrogens (primary N) is 1. The zero-order valence-electron chi connectivity index (χ0n) is 13.5. The standard InChI is InChI=1S/C20H22Br2N2/c21-16-5-1-13(2-6-16)18(14-3-7-17(22)8-4-14)20-19(23)15-9-11-24(20)12-10-15/h1-8,15,18-20H,9-12,23H2/t19-,20+/m0/s1. The van der Waals surface area contributed by atoms with Gasteiger partial charge in [-0.15, -0.1) is 0 Å². The van der Waals surface area contributed by atoms with Crippen LogP contribution in [0.15, 0.2) is 57.5 Å². The Morgan fingerprint density at radius 2 is 1.29 bits per heavy atom. The molecule has 2 N–H and O–H groups in total. The molecular weight excluding hydrogens is 428 g/mol. The summed E-state index contributed by atoms with van der Waals surface area (Å²) in [5.41, 5.74) is 9.45. The van der Waals surface area contributed by atoms with Gasteiger partial charge in [0.05, 0.1) is 0 Å². The van der Waals surface area contributed by atoms with Crippen molar-refractivity contribution in [2.45, 2.75) is 30.8 Å². The van der Waals surface area contributed by atoms with Crippen molar-refractivity contribution in [3.8, 4) is 0 Å². The van der Waals surface area contributed by atoms with Crippen LogP contribution < -0.4 is 5.73 Å². The highest BCUT2D eigenvalue weighted by atomic mass is 79.9. The van der Waals surface area contributed by atoms with E-state index in [9.17, 15) is 0 Å². The van der Waals surface area contributed by atoms with E-state index in [0.29, 0.717) is 17.9 Å². The van der Waals surface area contributed by atoms with Gasteiger partial charge < -0.3 is 5.73 Å². The largest absolute Gasteiger partial charge is 0.326 e. The zero-order chi connectivity index (χ0) is 16.7. The van der Waals surface area contributed by atoms with Crippen LogP contribution >= 0.6 is 31.9 Å². The first kappa shape index (κ1) is 16.8. The van der Waals surface area contributed by atoms with Crippen LogP contribution in [0.5, 0.6) is 0 Å². The minimum atomic E-state index is 0.254. The lowest BCUT2D eigenvalue weighted by Crippen LogP contribution is -2.63. The second-order valence-electron chi connectivity index (χ2n) is 7.02. The van der Waals surface area contributed by atoms with Crippen molar-refractivity contribution in [3.05, 3.63) is 68.6 Å². The minimum absolute atomic E-state index is 0.254. The van der Waals surface area contributed by atoms with Crippen molar-refractivity contribution in [1.29, 1.82) is 0 Å². The molecule has 126 valence electrons. The van der Waals surface area contributed by atoms with E-state index in [1.165, 1.54) is 37.1 Å². The lowest BCUT2D eigenvalue weighted by atomic mass is 9.71. The fourth-order valence-electron chi connectivity index (χ4n) is 4.48. The van der Waals surface area contributed by atoms with Gasteiger partial charge >= 0.3 is 0 Å². The molecule has 3 aliphatic rings. The topological polar surface area (TPSA) is 29.3 Å². The Balaban J connectivity index is 1.78. The molecule has 0 unspecified atom stereocenters.